The molecule has 1 aliphatic heterocycles. The van der Waals surface area contributed by atoms with Crippen LogP contribution in [0.1, 0.15) is 20.8 Å². The Bertz CT molecular complexity index is 617. The lowest BCUT2D eigenvalue weighted by molar-refractivity contribution is -0.264. The summed E-state index contributed by atoms with van der Waals surface area (Å²) in [5.74, 6) is -2.35. The van der Waals surface area contributed by atoms with Crippen molar-refractivity contribution in [3.05, 3.63) is 10.4 Å². The molecule has 0 aromatic rings. The first-order valence-corrected chi connectivity index (χ1v) is 7.22. The fourth-order valence-corrected chi connectivity index (χ4v) is 2.25. The number of hydrogen-bond donors (Lipinski definition) is 1. The minimum atomic E-state index is -1.74. The van der Waals surface area contributed by atoms with Crippen LogP contribution >= 0.6 is 0 Å². The van der Waals surface area contributed by atoms with Crippen LogP contribution in [0, 0.1) is 0 Å². The first kappa shape index (κ1) is 21.0. The van der Waals surface area contributed by atoms with Gasteiger partial charge < -0.3 is 28.8 Å². The zero-order valence-corrected chi connectivity index (χ0v) is 14.1. The Balaban J connectivity index is 3.28. The summed E-state index contributed by atoms with van der Waals surface area (Å²) < 4.78 is 24.7. The molecule has 5 atom stereocenters. The van der Waals surface area contributed by atoms with Crippen molar-refractivity contribution in [2.45, 2.75) is 51.4 Å². The highest BCUT2D eigenvalue weighted by Crippen LogP contribution is 2.29. The molecule has 0 aromatic heterocycles. The van der Waals surface area contributed by atoms with E-state index in [0.717, 1.165) is 20.8 Å². The van der Waals surface area contributed by atoms with Gasteiger partial charge in [-0.3, -0.25) is 14.4 Å². The number of rotatable bonds is 6. The van der Waals surface area contributed by atoms with Gasteiger partial charge in [0, 0.05) is 25.7 Å². The first-order chi connectivity index (χ1) is 12.1. The molecule has 26 heavy (non-hydrogen) atoms. The van der Waals surface area contributed by atoms with Crippen molar-refractivity contribution in [3.63, 3.8) is 0 Å². The molecule has 13 heteroatoms. The second-order valence-electron chi connectivity index (χ2n) is 5.07. The zero-order chi connectivity index (χ0) is 19.9. The lowest BCUT2D eigenvalue weighted by Gasteiger charge is -2.42. The fourth-order valence-electron chi connectivity index (χ4n) is 2.25. The number of esters is 3. The summed E-state index contributed by atoms with van der Waals surface area (Å²) in [5, 5.41) is 12.3. The van der Waals surface area contributed by atoms with Crippen LogP contribution in [-0.4, -0.2) is 66.4 Å². The normalized spacial score (nSPS) is 27.4. The van der Waals surface area contributed by atoms with E-state index in [2.05, 4.69) is 14.8 Å². The summed E-state index contributed by atoms with van der Waals surface area (Å²) in [6.07, 6.45) is -7.57. The highest BCUT2D eigenvalue weighted by Gasteiger charge is 2.51. The molecule has 1 unspecified atom stereocenters. The summed E-state index contributed by atoms with van der Waals surface area (Å²) in [7, 11) is 0. The van der Waals surface area contributed by atoms with Gasteiger partial charge in [0.25, 0.3) is 0 Å². The van der Waals surface area contributed by atoms with E-state index < -0.39 is 61.3 Å². The number of carbonyl (C=O) groups is 4. The Labute approximate surface area is 146 Å². The summed E-state index contributed by atoms with van der Waals surface area (Å²) in [5.41, 5.74) is 8.73. The number of carbonyl (C=O) groups excluding carboxylic acids is 3. The number of azide groups is 1. The Kier molecular flexibility index (Phi) is 7.62. The van der Waals surface area contributed by atoms with Crippen LogP contribution in [0.3, 0.4) is 0 Å². The first-order valence-electron chi connectivity index (χ1n) is 7.22. The maximum absolute atomic E-state index is 11.4. The van der Waals surface area contributed by atoms with Gasteiger partial charge in [-0.25, -0.2) is 4.79 Å². The minimum Gasteiger partial charge on any atom is -0.463 e. The third-order valence-corrected chi connectivity index (χ3v) is 3.07. The largest absolute Gasteiger partial charge is 0.506 e. The highest BCUT2D eigenvalue weighted by molar-refractivity contribution is 5.67. The van der Waals surface area contributed by atoms with E-state index in [-0.39, 0.29) is 0 Å². The molecule has 0 amide bonds. The highest BCUT2D eigenvalue weighted by atomic mass is 16.7. The summed E-state index contributed by atoms with van der Waals surface area (Å²) >= 11 is 0. The average molecular weight is 375 g/mol. The van der Waals surface area contributed by atoms with Crippen molar-refractivity contribution < 1.29 is 48.0 Å². The maximum atomic E-state index is 11.4. The molecule has 1 fully saturated rings. The average Bonchev–Trinajstić information content (AvgIpc) is 2.49. The molecule has 1 N–H and O–H groups in total. The molecule has 0 saturated carbocycles. The van der Waals surface area contributed by atoms with Crippen LogP contribution in [0.4, 0.5) is 4.79 Å². The third-order valence-electron chi connectivity index (χ3n) is 3.07. The van der Waals surface area contributed by atoms with E-state index in [1.54, 1.807) is 0 Å². The Morgan fingerprint density at radius 3 is 2.12 bits per heavy atom. The van der Waals surface area contributed by atoms with Gasteiger partial charge in [-0.05, 0) is 5.53 Å². The Morgan fingerprint density at radius 2 is 1.65 bits per heavy atom. The van der Waals surface area contributed by atoms with Crippen LogP contribution in [0.15, 0.2) is 5.11 Å². The van der Waals surface area contributed by atoms with Crippen molar-refractivity contribution in [1.82, 2.24) is 0 Å². The van der Waals surface area contributed by atoms with Crippen LogP contribution < -0.4 is 0 Å². The predicted molar refractivity (Wildman–Crippen MR) is 78.4 cm³/mol. The van der Waals surface area contributed by atoms with Gasteiger partial charge in [-0.2, -0.15) is 0 Å². The summed E-state index contributed by atoms with van der Waals surface area (Å²) in [4.78, 5) is 47.2. The zero-order valence-electron chi connectivity index (χ0n) is 14.1. The van der Waals surface area contributed by atoms with Crippen LogP contribution in [0.25, 0.3) is 10.4 Å². The van der Waals surface area contributed by atoms with E-state index in [0.29, 0.717) is 0 Å². The predicted octanol–water partition coefficient (Wildman–Crippen LogP) is 0.511. The van der Waals surface area contributed by atoms with E-state index >= 15 is 0 Å². The molecular weight excluding hydrogens is 358 g/mol. The van der Waals surface area contributed by atoms with Crippen molar-refractivity contribution in [1.29, 1.82) is 0 Å². The van der Waals surface area contributed by atoms with E-state index in [1.165, 1.54) is 0 Å². The second-order valence-corrected chi connectivity index (χ2v) is 5.07. The lowest BCUT2D eigenvalue weighted by Crippen LogP contribution is -2.61. The fraction of sp³-hybridized carbons (Fsp3) is 0.692. The third kappa shape index (κ3) is 6.11. The molecule has 1 aliphatic rings. The molecule has 0 aliphatic carbocycles. The molecule has 1 heterocycles. The van der Waals surface area contributed by atoms with Gasteiger partial charge in [0.2, 0.25) is 6.29 Å². The van der Waals surface area contributed by atoms with Crippen molar-refractivity contribution in [2.75, 3.05) is 6.61 Å². The molecule has 1 rings (SSSR count). The quantitative estimate of drug-likeness (QED) is 0.225. The van der Waals surface area contributed by atoms with Gasteiger partial charge in [0.1, 0.15) is 18.8 Å². The lowest BCUT2D eigenvalue weighted by atomic mass is 9.97. The molecule has 13 nitrogen and oxygen atoms in total. The Hall–Kier alpha value is -3.05. The maximum Gasteiger partial charge on any atom is 0.506 e. The molecule has 144 valence electrons. The van der Waals surface area contributed by atoms with Gasteiger partial charge in [-0.1, -0.05) is 5.11 Å². The van der Waals surface area contributed by atoms with E-state index in [4.69, 9.17) is 29.6 Å². The number of hydrogen-bond acceptors (Lipinski definition) is 10. The molecule has 0 bridgehead atoms. The van der Waals surface area contributed by atoms with Gasteiger partial charge in [0.15, 0.2) is 12.2 Å². The molecule has 0 radical (unpaired) electrons. The summed E-state index contributed by atoms with van der Waals surface area (Å²) in [6, 6.07) is -1.44. The van der Waals surface area contributed by atoms with E-state index in [9.17, 15) is 19.2 Å². The topological polar surface area (TPSA) is 183 Å². The molecular formula is C13H17N3O10. The molecule has 0 spiro atoms. The minimum absolute atomic E-state index is 0.494. The molecule has 0 aromatic carbocycles. The van der Waals surface area contributed by atoms with Crippen LogP contribution in [0.5, 0.6) is 0 Å². The van der Waals surface area contributed by atoms with Crippen LogP contribution in [0.2, 0.25) is 0 Å². The Morgan fingerprint density at radius 1 is 1.04 bits per heavy atom. The van der Waals surface area contributed by atoms with Crippen molar-refractivity contribution in [3.8, 4) is 0 Å². The summed E-state index contributed by atoms with van der Waals surface area (Å²) in [6.45, 7) is 2.69. The second kappa shape index (κ2) is 9.44. The smallest absolute Gasteiger partial charge is 0.463 e. The number of ether oxygens (including phenoxy) is 5. The number of carboxylic acid groups (broad SMARTS) is 1. The van der Waals surface area contributed by atoms with E-state index in [1.807, 2.05) is 0 Å². The monoisotopic (exact) mass is 375 g/mol. The standard InChI is InChI=1S/C13H17N3O10/c1-5(17)22-4-8-10(26-13(20)21)11(23-6(2)18)9(15-16-14)12(25-8)24-7(3)19/h8-12H,4H2,1-3H3,(H,20,21)/t8-,9?,10-,11-,12-/m1/s1. The van der Waals surface area contributed by atoms with Crippen molar-refractivity contribution >= 4 is 24.1 Å². The van der Waals surface area contributed by atoms with Crippen molar-refractivity contribution in [2.24, 2.45) is 5.11 Å². The molecule has 1 saturated heterocycles. The van der Waals surface area contributed by atoms with Crippen LogP contribution in [-0.2, 0) is 38.1 Å². The van der Waals surface area contributed by atoms with Gasteiger partial charge >= 0.3 is 24.1 Å². The number of nitrogens with zero attached hydrogens (tertiary/aromatic N) is 3. The SMILES string of the molecule is CC(=O)OC[C@H]1O[C@@H](OC(C)=O)C(N=[N+]=[N-])[C@@H](OC(C)=O)[C@@H]1OC(=O)O. The van der Waals surface area contributed by atoms with Gasteiger partial charge in [-0.15, -0.1) is 0 Å². The van der Waals surface area contributed by atoms with Gasteiger partial charge in [0.05, 0.1) is 0 Å².